The fourth-order valence-corrected chi connectivity index (χ4v) is 3.87. The summed E-state index contributed by atoms with van der Waals surface area (Å²) in [4.78, 5) is 29.9. The van der Waals surface area contributed by atoms with Crippen molar-refractivity contribution in [2.75, 3.05) is 27.2 Å². The molecule has 1 N–H and O–H groups in total. The molecule has 154 valence electrons. The van der Waals surface area contributed by atoms with Crippen LogP contribution in [0, 0.1) is 6.92 Å². The number of Topliss-reactive ketones (excluding diaryl/α,β-unsaturated/α-hetero) is 1. The van der Waals surface area contributed by atoms with Gasteiger partial charge >= 0.3 is 0 Å². The smallest absolute Gasteiger partial charge is 0.290 e. The molecule has 4 rings (SSSR count). The Morgan fingerprint density at radius 3 is 2.53 bits per heavy atom. The van der Waals surface area contributed by atoms with Gasteiger partial charge in [0.15, 0.2) is 11.5 Å². The van der Waals surface area contributed by atoms with Crippen LogP contribution in [0.4, 0.5) is 0 Å². The molecule has 1 aliphatic rings. The number of furan rings is 1. The van der Waals surface area contributed by atoms with E-state index in [2.05, 4.69) is 0 Å². The van der Waals surface area contributed by atoms with E-state index in [4.69, 9.17) is 4.42 Å². The number of para-hydroxylation sites is 1. The van der Waals surface area contributed by atoms with Gasteiger partial charge in [-0.3, -0.25) is 9.59 Å². The number of carbonyl (C=O) groups excluding carboxylic acids is 2. The average molecular weight is 404 g/mol. The van der Waals surface area contributed by atoms with Gasteiger partial charge in [-0.25, -0.2) is 0 Å². The van der Waals surface area contributed by atoms with Crippen LogP contribution in [0.1, 0.15) is 27.7 Å². The first-order valence-electron chi connectivity index (χ1n) is 9.86. The zero-order valence-corrected chi connectivity index (χ0v) is 17.3. The van der Waals surface area contributed by atoms with E-state index < -0.39 is 23.5 Å². The molecule has 0 aliphatic carbocycles. The molecule has 0 saturated heterocycles. The Kier molecular flexibility index (Phi) is 5.18. The number of fused-ring (bicyclic) bond motifs is 1. The lowest BCUT2D eigenvalue weighted by Gasteiger charge is -2.28. The van der Waals surface area contributed by atoms with Gasteiger partial charge in [0.2, 0.25) is 5.78 Å². The second-order valence-electron chi connectivity index (χ2n) is 7.80. The maximum absolute atomic E-state index is 13.5. The lowest BCUT2D eigenvalue weighted by Crippen LogP contribution is -2.36. The number of ketones is 1. The van der Waals surface area contributed by atoms with Gasteiger partial charge in [0.05, 0.1) is 11.6 Å². The normalized spacial score (nSPS) is 16.9. The molecular weight excluding hydrogens is 380 g/mol. The van der Waals surface area contributed by atoms with E-state index in [-0.39, 0.29) is 11.3 Å². The Balaban J connectivity index is 1.81. The van der Waals surface area contributed by atoms with Crippen LogP contribution < -0.4 is 0 Å². The molecule has 0 bridgehead atoms. The van der Waals surface area contributed by atoms with Gasteiger partial charge < -0.3 is 19.3 Å². The quantitative estimate of drug-likeness (QED) is 0.631. The van der Waals surface area contributed by atoms with E-state index in [0.29, 0.717) is 18.7 Å². The molecular formula is C24H24N2O4. The predicted octanol–water partition coefficient (Wildman–Crippen LogP) is 3.88. The number of carbonyl (C=O) groups is 2. The van der Waals surface area contributed by atoms with E-state index in [1.807, 2.05) is 68.4 Å². The van der Waals surface area contributed by atoms with Crippen LogP contribution in [0.15, 0.2) is 70.3 Å². The van der Waals surface area contributed by atoms with Crippen molar-refractivity contribution < 1.29 is 19.1 Å². The Morgan fingerprint density at radius 1 is 1.13 bits per heavy atom. The van der Waals surface area contributed by atoms with E-state index in [9.17, 15) is 14.7 Å². The third kappa shape index (κ3) is 3.39. The highest BCUT2D eigenvalue weighted by Crippen LogP contribution is 2.40. The molecule has 2 aromatic carbocycles. The molecule has 1 amide bonds. The highest BCUT2D eigenvalue weighted by molar-refractivity contribution is 6.16. The predicted molar refractivity (Wildman–Crippen MR) is 114 cm³/mol. The van der Waals surface area contributed by atoms with Crippen molar-refractivity contribution in [1.29, 1.82) is 0 Å². The van der Waals surface area contributed by atoms with Crippen LogP contribution in [-0.2, 0) is 4.79 Å². The van der Waals surface area contributed by atoms with Gasteiger partial charge in [-0.05, 0) is 44.3 Å². The molecule has 1 aromatic heterocycles. The minimum Gasteiger partial charge on any atom is -0.503 e. The van der Waals surface area contributed by atoms with Gasteiger partial charge in [-0.2, -0.15) is 0 Å². The van der Waals surface area contributed by atoms with Crippen molar-refractivity contribution in [2.45, 2.75) is 13.0 Å². The monoisotopic (exact) mass is 404 g/mol. The lowest BCUT2D eigenvalue weighted by atomic mass is 9.92. The summed E-state index contributed by atoms with van der Waals surface area (Å²) in [5.74, 6) is -1.41. The van der Waals surface area contributed by atoms with E-state index >= 15 is 0 Å². The number of rotatable bonds is 6. The topological polar surface area (TPSA) is 74.0 Å². The van der Waals surface area contributed by atoms with Crippen molar-refractivity contribution in [3.63, 3.8) is 0 Å². The third-order valence-electron chi connectivity index (χ3n) is 5.47. The Labute approximate surface area is 175 Å². The van der Waals surface area contributed by atoms with Gasteiger partial charge in [-0.1, -0.05) is 42.5 Å². The Morgan fingerprint density at radius 2 is 1.83 bits per heavy atom. The van der Waals surface area contributed by atoms with E-state index in [1.54, 1.807) is 17.0 Å². The number of hydrogen-bond acceptors (Lipinski definition) is 5. The SMILES string of the molecule is Cc1ccccc1C1C(C(=O)c2cc3ccccc3o2)=C(O)C(=O)N1CCN(C)C. The summed E-state index contributed by atoms with van der Waals surface area (Å²) in [6.07, 6.45) is 0. The Hall–Kier alpha value is -3.38. The molecule has 1 aliphatic heterocycles. The summed E-state index contributed by atoms with van der Waals surface area (Å²) in [6.45, 7) is 2.92. The molecule has 1 atom stereocenters. The molecule has 0 radical (unpaired) electrons. The number of nitrogens with zero attached hydrogens (tertiary/aromatic N) is 2. The minimum absolute atomic E-state index is 0.0621. The summed E-state index contributed by atoms with van der Waals surface area (Å²) >= 11 is 0. The fourth-order valence-electron chi connectivity index (χ4n) is 3.87. The summed E-state index contributed by atoms with van der Waals surface area (Å²) in [5.41, 5.74) is 2.40. The van der Waals surface area contributed by atoms with Crippen LogP contribution in [0.25, 0.3) is 11.0 Å². The largest absolute Gasteiger partial charge is 0.503 e. The van der Waals surface area contributed by atoms with Crippen LogP contribution in [0.5, 0.6) is 0 Å². The van der Waals surface area contributed by atoms with Crippen molar-refractivity contribution >= 4 is 22.7 Å². The van der Waals surface area contributed by atoms with Crippen LogP contribution in [0.3, 0.4) is 0 Å². The van der Waals surface area contributed by atoms with E-state index in [0.717, 1.165) is 16.5 Å². The highest BCUT2D eigenvalue weighted by atomic mass is 16.3. The molecule has 0 saturated carbocycles. The van der Waals surface area contributed by atoms with E-state index in [1.165, 1.54) is 0 Å². The minimum atomic E-state index is -0.667. The number of likely N-dealkylation sites (N-methyl/N-ethyl adjacent to an activating group) is 1. The molecule has 0 spiro atoms. The van der Waals surface area contributed by atoms with Crippen molar-refractivity contribution in [3.05, 3.63) is 82.8 Å². The third-order valence-corrected chi connectivity index (χ3v) is 5.47. The molecule has 2 heterocycles. The van der Waals surface area contributed by atoms with Gasteiger partial charge in [0.25, 0.3) is 5.91 Å². The maximum Gasteiger partial charge on any atom is 0.290 e. The zero-order chi connectivity index (χ0) is 21.4. The standard InChI is InChI=1S/C24H24N2O4/c1-15-8-4-6-10-17(15)21-20(23(28)24(29)26(21)13-12-25(2)3)22(27)19-14-16-9-5-7-11-18(16)30-19/h4-11,14,21,28H,12-13H2,1-3H3. The number of aryl methyl sites for hydroxylation is 1. The van der Waals surface area contributed by atoms with Gasteiger partial charge in [0.1, 0.15) is 5.58 Å². The van der Waals surface area contributed by atoms with Crippen molar-refractivity contribution in [1.82, 2.24) is 9.80 Å². The first kappa shape index (κ1) is 19.9. The summed E-state index contributed by atoms with van der Waals surface area (Å²) in [7, 11) is 3.83. The first-order chi connectivity index (χ1) is 14.4. The van der Waals surface area contributed by atoms with Crippen LogP contribution in [0.2, 0.25) is 0 Å². The molecule has 0 fully saturated rings. The van der Waals surface area contributed by atoms with Crippen LogP contribution in [-0.4, -0.2) is 53.8 Å². The van der Waals surface area contributed by atoms with Gasteiger partial charge in [0, 0.05) is 18.5 Å². The highest BCUT2D eigenvalue weighted by Gasteiger charge is 2.44. The van der Waals surface area contributed by atoms with Crippen molar-refractivity contribution in [3.8, 4) is 0 Å². The lowest BCUT2D eigenvalue weighted by molar-refractivity contribution is -0.129. The molecule has 3 aromatic rings. The second-order valence-corrected chi connectivity index (χ2v) is 7.80. The van der Waals surface area contributed by atoms with Crippen LogP contribution >= 0.6 is 0 Å². The maximum atomic E-state index is 13.5. The molecule has 6 nitrogen and oxygen atoms in total. The average Bonchev–Trinajstić information content (AvgIpc) is 3.26. The number of aliphatic hydroxyl groups is 1. The summed E-state index contributed by atoms with van der Waals surface area (Å²) < 4.78 is 5.74. The second kappa shape index (κ2) is 7.80. The summed E-state index contributed by atoms with van der Waals surface area (Å²) in [5, 5.41) is 11.5. The fraction of sp³-hybridized carbons (Fsp3) is 0.250. The first-order valence-corrected chi connectivity index (χ1v) is 9.86. The number of aliphatic hydroxyl groups excluding tert-OH is 1. The number of hydrogen-bond donors (Lipinski definition) is 1. The number of amides is 1. The molecule has 1 unspecified atom stereocenters. The Bertz CT molecular complexity index is 1130. The van der Waals surface area contributed by atoms with Gasteiger partial charge in [-0.15, -0.1) is 0 Å². The summed E-state index contributed by atoms with van der Waals surface area (Å²) in [6, 6.07) is 15.9. The molecule has 30 heavy (non-hydrogen) atoms. The zero-order valence-electron chi connectivity index (χ0n) is 17.3. The van der Waals surface area contributed by atoms with Crippen molar-refractivity contribution in [2.24, 2.45) is 0 Å². The molecule has 6 heteroatoms. The number of benzene rings is 2.